The topological polar surface area (TPSA) is 77.2 Å². The Morgan fingerprint density at radius 2 is 2.16 bits per heavy atom. The number of hydrogen-bond donors (Lipinski definition) is 1. The molecule has 1 aromatic heterocycles. The molecule has 0 saturated heterocycles. The lowest BCUT2D eigenvalue weighted by Crippen LogP contribution is -2.27. The summed E-state index contributed by atoms with van der Waals surface area (Å²) in [5, 5.41) is 6.49. The summed E-state index contributed by atoms with van der Waals surface area (Å²) in [5.41, 5.74) is 0.862. The van der Waals surface area contributed by atoms with Crippen LogP contribution >= 0.6 is 0 Å². The summed E-state index contributed by atoms with van der Waals surface area (Å²) >= 11 is 0. The number of nitrogens with zero attached hydrogens (tertiary/aromatic N) is 2. The molecule has 6 heteroatoms. The Morgan fingerprint density at radius 1 is 1.42 bits per heavy atom. The van der Waals surface area contributed by atoms with Gasteiger partial charge in [0.1, 0.15) is 6.04 Å². The van der Waals surface area contributed by atoms with Crippen LogP contribution in [0.2, 0.25) is 0 Å². The largest absolute Gasteiger partial charge is 0.450 e. The van der Waals surface area contributed by atoms with Crippen LogP contribution in [-0.4, -0.2) is 22.8 Å². The van der Waals surface area contributed by atoms with E-state index < -0.39 is 12.1 Å². The molecule has 2 rings (SSSR count). The second-order valence-electron chi connectivity index (χ2n) is 3.91. The number of hydrogen-bond acceptors (Lipinski definition) is 5. The first-order valence-corrected chi connectivity index (χ1v) is 6.03. The van der Waals surface area contributed by atoms with Crippen molar-refractivity contribution in [3.63, 3.8) is 0 Å². The first kappa shape index (κ1) is 13.1. The molecule has 0 aliphatic carbocycles. The molecule has 19 heavy (non-hydrogen) atoms. The van der Waals surface area contributed by atoms with Crippen molar-refractivity contribution < 1.29 is 14.1 Å². The molecule has 0 radical (unpaired) electrons. The fourth-order valence-corrected chi connectivity index (χ4v) is 1.53. The van der Waals surface area contributed by atoms with Gasteiger partial charge in [0.25, 0.3) is 0 Å². The molecule has 0 fully saturated rings. The van der Waals surface area contributed by atoms with Crippen molar-refractivity contribution in [1.29, 1.82) is 0 Å². The summed E-state index contributed by atoms with van der Waals surface area (Å²) in [6, 6.07) is 9.08. The molecule has 6 nitrogen and oxygen atoms in total. The van der Waals surface area contributed by atoms with Crippen LogP contribution in [0.15, 0.2) is 34.9 Å². The van der Waals surface area contributed by atoms with Crippen molar-refractivity contribution in [3.05, 3.63) is 36.2 Å². The van der Waals surface area contributed by atoms with Gasteiger partial charge in [0, 0.05) is 5.56 Å². The first-order chi connectivity index (χ1) is 9.20. The van der Waals surface area contributed by atoms with Crippen LogP contribution in [-0.2, 0) is 4.74 Å². The lowest BCUT2D eigenvalue weighted by molar-refractivity contribution is 0.146. The van der Waals surface area contributed by atoms with Gasteiger partial charge < -0.3 is 14.6 Å². The molecular formula is C13H15N3O3. The zero-order valence-corrected chi connectivity index (χ0v) is 10.8. The number of alkyl carbamates (subject to hydrolysis) is 1. The van der Waals surface area contributed by atoms with Crippen molar-refractivity contribution in [3.8, 4) is 11.4 Å². The number of ether oxygens (including phenoxy) is 1. The molecule has 1 heterocycles. The minimum Gasteiger partial charge on any atom is -0.450 e. The second-order valence-corrected chi connectivity index (χ2v) is 3.91. The van der Waals surface area contributed by atoms with Gasteiger partial charge in [-0.2, -0.15) is 4.98 Å². The third kappa shape index (κ3) is 3.31. The number of carbonyl (C=O) groups excluding carboxylic acids is 1. The maximum absolute atomic E-state index is 11.3. The van der Waals surface area contributed by atoms with Crippen LogP contribution in [0.1, 0.15) is 25.8 Å². The Kier molecular flexibility index (Phi) is 4.12. The number of nitrogens with one attached hydrogen (secondary N) is 1. The smallest absolute Gasteiger partial charge is 0.407 e. The predicted octanol–water partition coefficient (Wildman–Crippen LogP) is 2.54. The average molecular weight is 261 g/mol. The van der Waals surface area contributed by atoms with Crippen LogP contribution in [0.25, 0.3) is 11.4 Å². The van der Waals surface area contributed by atoms with Crippen LogP contribution in [0, 0.1) is 0 Å². The van der Waals surface area contributed by atoms with Gasteiger partial charge in [-0.25, -0.2) is 4.79 Å². The number of benzene rings is 1. The molecular weight excluding hydrogens is 246 g/mol. The van der Waals surface area contributed by atoms with Gasteiger partial charge in [-0.15, -0.1) is 0 Å². The predicted molar refractivity (Wildman–Crippen MR) is 68.3 cm³/mol. The van der Waals surface area contributed by atoms with Gasteiger partial charge in [0.15, 0.2) is 0 Å². The lowest BCUT2D eigenvalue weighted by atomic mass is 10.2. The Labute approximate surface area is 110 Å². The molecule has 0 aliphatic heterocycles. The Balaban J connectivity index is 2.07. The molecule has 1 aromatic carbocycles. The molecule has 0 unspecified atom stereocenters. The monoisotopic (exact) mass is 261 g/mol. The summed E-state index contributed by atoms with van der Waals surface area (Å²) in [6.45, 7) is 3.81. The van der Waals surface area contributed by atoms with E-state index in [-0.39, 0.29) is 0 Å². The highest BCUT2D eigenvalue weighted by Gasteiger charge is 2.17. The standard InChI is InChI=1S/C13H15N3O3/c1-3-18-13(17)14-9(2)12-15-11(16-19-12)10-7-5-4-6-8-10/h4-9H,3H2,1-2H3,(H,14,17)/t9-/m1/s1. The van der Waals surface area contributed by atoms with Crippen LogP contribution in [0.4, 0.5) is 4.79 Å². The molecule has 100 valence electrons. The molecule has 0 bridgehead atoms. The normalized spacial score (nSPS) is 11.9. The molecule has 2 aromatic rings. The van der Waals surface area contributed by atoms with E-state index in [1.165, 1.54) is 0 Å². The van der Waals surface area contributed by atoms with Gasteiger partial charge in [-0.05, 0) is 13.8 Å². The maximum atomic E-state index is 11.3. The molecule has 0 saturated carbocycles. The number of carbonyl (C=O) groups is 1. The van der Waals surface area contributed by atoms with E-state index in [2.05, 4.69) is 15.5 Å². The van der Waals surface area contributed by atoms with Gasteiger partial charge in [-0.3, -0.25) is 0 Å². The third-order valence-electron chi connectivity index (χ3n) is 2.45. The molecule has 0 spiro atoms. The van der Waals surface area contributed by atoms with E-state index in [4.69, 9.17) is 9.26 Å². The minimum atomic E-state index is -0.505. The van der Waals surface area contributed by atoms with E-state index in [9.17, 15) is 4.79 Å². The number of aromatic nitrogens is 2. The summed E-state index contributed by atoms with van der Waals surface area (Å²) in [7, 11) is 0. The van der Waals surface area contributed by atoms with Crippen molar-refractivity contribution in [1.82, 2.24) is 15.5 Å². The van der Waals surface area contributed by atoms with Crippen molar-refractivity contribution >= 4 is 6.09 Å². The summed E-state index contributed by atoms with van der Waals surface area (Å²) in [6.07, 6.45) is -0.505. The van der Waals surface area contributed by atoms with Crippen molar-refractivity contribution in [2.24, 2.45) is 0 Å². The summed E-state index contributed by atoms with van der Waals surface area (Å²) in [4.78, 5) is 15.5. The van der Waals surface area contributed by atoms with Gasteiger partial charge in [0.05, 0.1) is 6.61 Å². The van der Waals surface area contributed by atoms with Crippen LogP contribution in [0.5, 0.6) is 0 Å². The fourth-order valence-electron chi connectivity index (χ4n) is 1.53. The number of amides is 1. The van der Waals surface area contributed by atoms with E-state index in [0.29, 0.717) is 18.3 Å². The third-order valence-corrected chi connectivity index (χ3v) is 2.45. The summed E-state index contributed by atoms with van der Waals surface area (Å²) in [5.74, 6) is 0.833. The van der Waals surface area contributed by atoms with E-state index in [0.717, 1.165) is 5.56 Å². The summed E-state index contributed by atoms with van der Waals surface area (Å²) < 4.78 is 9.91. The second kappa shape index (κ2) is 5.99. The molecule has 1 N–H and O–H groups in total. The SMILES string of the molecule is CCOC(=O)N[C@H](C)c1nc(-c2ccccc2)no1. The van der Waals surface area contributed by atoms with Gasteiger partial charge >= 0.3 is 6.09 Å². The van der Waals surface area contributed by atoms with E-state index in [1.54, 1.807) is 13.8 Å². The zero-order valence-electron chi connectivity index (χ0n) is 10.8. The van der Waals surface area contributed by atoms with Gasteiger partial charge in [-0.1, -0.05) is 35.5 Å². The lowest BCUT2D eigenvalue weighted by Gasteiger charge is -2.08. The van der Waals surface area contributed by atoms with Crippen LogP contribution in [0.3, 0.4) is 0 Å². The number of rotatable bonds is 4. The highest BCUT2D eigenvalue weighted by atomic mass is 16.5. The zero-order chi connectivity index (χ0) is 13.7. The van der Waals surface area contributed by atoms with Crippen molar-refractivity contribution in [2.45, 2.75) is 19.9 Å². The fraction of sp³-hybridized carbons (Fsp3) is 0.308. The molecule has 1 amide bonds. The maximum Gasteiger partial charge on any atom is 0.407 e. The van der Waals surface area contributed by atoms with Crippen molar-refractivity contribution in [2.75, 3.05) is 6.61 Å². The Morgan fingerprint density at radius 3 is 2.84 bits per heavy atom. The minimum absolute atomic E-state index is 0.317. The van der Waals surface area contributed by atoms with E-state index >= 15 is 0 Å². The average Bonchev–Trinajstić information content (AvgIpc) is 2.89. The Bertz CT molecular complexity index is 539. The molecule has 0 aliphatic rings. The van der Waals surface area contributed by atoms with E-state index in [1.807, 2.05) is 30.3 Å². The Hall–Kier alpha value is -2.37. The highest BCUT2D eigenvalue weighted by Crippen LogP contribution is 2.18. The first-order valence-electron chi connectivity index (χ1n) is 6.03. The quantitative estimate of drug-likeness (QED) is 0.915. The molecule has 1 atom stereocenters. The van der Waals surface area contributed by atoms with Gasteiger partial charge in [0.2, 0.25) is 11.7 Å². The van der Waals surface area contributed by atoms with Crippen LogP contribution < -0.4 is 5.32 Å². The highest BCUT2D eigenvalue weighted by molar-refractivity contribution is 5.67.